The first-order chi connectivity index (χ1) is 15.6. The highest BCUT2D eigenvalue weighted by Crippen LogP contribution is 2.22. The zero-order valence-electron chi connectivity index (χ0n) is 17.5. The molecule has 0 saturated carbocycles. The first-order valence-corrected chi connectivity index (χ1v) is 11.4. The number of carbonyl (C=O) groups excluding carboxylic acids is 1. The van der Waals surface area contributed by atoms with Gasteiger partial charge in [0.25, 0.3) is 0 Å². The van der Waals surface area contributed by atoms with Crippen LogP contribution < -0.4 is 11.1 Å². The van der Waals surface area contributed by atoms with E-state index >= 15 is 0 Å². The molecule has 0 aliphatic carbocycles. The van der Waals surface area contributed by atoms with Gasteiger partial charge >= 0.3 is 0 Å². The molecule has 0 bridgehead atoms. The molecule has 0 aliphatic heterocycles. The van der Waals surface area contributed by atoms with Crippen LogP contribution in [0.3, 0.4) is 0 Å². The number of halogens is 1. The zero-order valence-corrected chi connectivity index (χ0v) is 19.6. The lowest BCUT2D eigenvalue weighted by Crippen LogP contribution is -2.17. The fraction of sp³-hybridized carbons (Fsp3) is 0.115. The van der Waals surface area contributed by atoms with Crippen LogP contribution >= 0.6 is 22.6 Å². The third kappa shape index (κ3) is 5.91. The number of nitrogen functional groups attached to an aromatic ring is 1. The molecule has 0 aliphatic rings. The first kappa shape index (κ1) is 22.0. The summed E-state index contributed by atoms with van der Waals surface area (Å²) < 4.78 is 1.14. The van der Waals surface area contributed by atoms with Crippen LogP contribution in [0.25, 0.3) is 11.3 Å². The Morgan fingerprint density at radius 1 is 0.875 bits per heavy atom. The summed E-state index contributed by atoms with van der Waals surface area (Å²) in [7, 11) is 0. The number of nitrogens with zero attached hydrogens (tertiary/aromatic N) is 2. The van der Waals surface area contributed by atoms with Crippen LogP contribution in [0.5, 0.6) is 0 Å². The molecule has 0 radical (unpaired) electrons. The van der Waals surface area contributed by atoms with E-state index in [0.29, 0.717) is 17.9 Å². The van der Waals surface area contributed by atoms with Gasteiger partial charge in [0.1, 0.15) is 0 Å². The molecule has 0 unspecified atom stereocenters. The lowest BCUT2D eigenvalue weighted by molar-refractivity contribution is -0.115. The van der Waals surface area contributed by atoms with Crippen molar-refractivity contribution < 1.29 is 4.79 Å². The van der Waals surface area contributed by atoms with E-state index in [1.54, 1.807) is 6.20 Å². The van der Waals surface area contributed by atoms with Crippen molar-refractivity contribution in [2.75, 3.05) is 11.1 Å². The minimum absolute atomic E-state index is 0.110. The quantitative estimate of drug-likeness (QED) is 0.249. The van der Waals surface area contributed by atoms with E-state index in [9.17, 15) is 4.79 Å². The molecule has 0 saturated heterocycles. The van der Waals surface area contributed by atoms with Gasteiger partial charge in [-0.25, -0.2) is 9.97 Å². The molecule has 3 N–H and O–H groups in total. The maximum Gasteiger partial charge on any atom is 0.229 e. The number of rotatable bonds is 7. The predicted octanol–water partition coefficient (Wildman–Crippen LogP) is 5.30. The standard InChI is InChI=1S/C26H23IN4O/c27-21-11-6-19(7-12-21)16-25(32)31-26-23(15-8-18-4-2-1-3-5-18)30-24(17-29-26)20-9-13-22(28)14-10-20/h1-7,9-14,17H,8,15-16,28H2,(H,29,31,32). The fourth-order valence-corrected chi connectivity index (χ4v) is 3.73. The lowest BCUT2D eigenvalue weighted by Gasteiger charge is -2.12. The third-order valence-electron chi connectivity index (χ3n) is 5.08. The van der Waals surface area contributed by atoms with Crippen molar-refractivity contribution in [2.45, 2.75) is 19.3 Å². The Morgan fingerprint density at radius 3 is 2.31 bits per heavy atom. The smallest absolute Gasteiger partial charge is 0.229 e. The highest BCUT2D eigenvalue weighted by atomic mass is 127. The van der Waals surface area contributed by atoms with Crippen molar-refractivity contribution in [3.05, 3.63) is 105 Å². The number of amides is 1. The summed E-state index contributed by atoms with van der Waals surface area (Å²) in [5.74, 6) is 0.400. The number of carbonyl (C=O) groups is 1. The number of nitrogens with two attached hydrogens (primary N) is 1. The monoisotopic (exact) mass is 534 g/mol. The summed E-state index contributed by atoms with van der Waals surface area (Å²) in [4.78, 5) is 22.1. The van der Waals surface area contributed by atoms with Crippen molar-refractivity contribution >= 4 is 40.0 Å². The van der Waals surface area contributed by atoms with Crippen LogP contribution in [-0.2, 0) is 24.1 Å². The normalized spacial score (nSPS) is 10.7. The van der Waals surface area contributed by atoms with Gasteiger partial charge in [0.2, 0.25) is 5.91 Å². The molecule has 160 valence electrons. The van der Waals surface area contributed by atoms with E-state index in [2.05, 4.69) is 45.0 Å². The number of nitrogens with one attached hydrogen (secondary N) is 1. The Morgan fingerprint density at radius 2 is 1.59 bits per heavy atom. The van der Waals surface area contributed by atoms with E-state index in [1.165, 1.54) is 5.56 Å². The maximum atomic E-state index is 12.7. The number of anilines is 2. The van der Waals surface area contributed by atoms with Crippen molar-refractivity contribution in [2.24, 2.45) is 0 Å². The third-order valence-corrected chi connectivity index (χ3v) is 5.80. The molecule has 0 spiro atoms. The van der Waals surface area contributed by atoms with Crippen molar-refractivity contribution in [1.82, 2.24) is 9.97 Å². The SMILES string of the molecule is Nc1ccc(-c2cnc(NC(=O)Cc3ccc(I)cc3)c(CCc3ccccc3)n2)cc1. The van der Waals surface area contributed by atoms with Crippen LogP contribution in [0.15, 0.2) is 85.1 Å². The van der Waals surface area contributed by atoms with Crippen LogP contribution in [-0.4, -0.2) is 15.9 Å². The number of benzene rings is 3. The Kier molecular flexibility index (Phi) is 7.11. The fourth-order valence-electron chi connectivity index (χ4n) is 3.37. The maximum absolute atomic E-state index is 12.7. The molecule has 32 heavy (non-hydrogen) atoms. The van der Waals surface area contributed by atoms with Crippen LogP contribution in [0.1, 0.15) is 16.8 Å². The van der Waals surface area contributed by atoms with E-state index < -0.39 is 0 Å². The molecule has 1 heterocycles. The topological polar surface area (TPSA) is 80.9 Å². The number of hydrogen-bond acceptors (Lipinski definition) is 4. The highest BCUT2D eigenvalue weighted by molar-refractivity contribution is 14.1. The second kappa shape index (κ2) is 10.4. The highest BCUT2D eigenvalue weighted by Gasteiger charge is 2.13. The van der Waals surface area contributed by atoms with Gasteiger partial charge in [-0.15, -0.1) is 0 Å². The molecule has 0 fully saturated rings. The molecule has 1 amide bonds. The molecule has 3 aromatic carbocycles. The van der Waals surface area contributed by atoms with Gasteiger partial charge in [0.15, 0.2) is 5.82 Å². The van der Waals surface area contributed by atoms with Crippen molar-refractivity contribution in [1.29, 1.82) is 0 Å². The summed E-state index contributed by atoms with van der Waals surface area (Å²) in [6, 6.07) is 25.7. The Bertz CT molecular complexity index is 1190. The van der Waals surface area contributed by atoms with Gasteiger partial charge in [-0.3, -0.25) is 4.79 Å². The summed E-state index contributed by atoms with van der Waals surface area (Å²) in [6.45, 7) is 0. The number of aryl methyl sites for hydroxylation is 2. The van der Waals surface area contributed by atoms with Crippen LogP contribution in [0.4, 0.5) is 11.5 Å². The lowest BCUT2D eigenvalue weighted by atomic mass is 10.1. The van der Waals surface area contributed by atoms with Crippen molar-refractivity contribution in [3.8, 4) is 11.3 Å². The van der Waals surface area contributed by atoms with Crippen LogP contribution in [0, 0.1) is 3.57 Å². The van der Waals surface area contributed by atoms with Gasteiger partial charge in [0, 0.05) is 14.8 Å². The average Bonchev–Trinajstić information content (AvgIpc) is 2.81. The summed E-state index contributed by atoms with van der Waals surface area (Å²) in [5.41, 5.74) is 11.1. The molecule has 6 heteroatoms. The molecule has 1 aromatic heterocycles. The van der Waals surface area contributed by atoms with Crippen LogP contribution in [0.2, 0.25) is 0 Å². The van der Waals surface area contributed by atoms with Crippen molar-refractivity contribution in [3.63, 3.8) is 0 Å². The predicted molar refractivity (Wildman–Crippen MR) is 137 cm³/mol. The van der Waals surface area contributed by atoms with E-state index in [0.717, 1.165) is 32.5 Å². The minimum Gasteiger partial charge on any atom is -0.399 e. The molecular formula is C26H23IN4O. The second-order valence-corrected chi connectivity index (χ2v) is 8.76. The zero-order chi connectivity index (χ0) is 22.3. The number of aromatic nitrogens is 2. The number of hydrogen-bond donors (Lipinski definition) is 2. The molecule has 4 aromatic rings. The Balaban J connectivity index is 1.56. The van der Waals surface area contributed by atoms with E-state index in [1.807, 2.05) is 66.7 Å². The average molecular weight is 534 g/mol. The first-order valence-electron chi connectivity index (χ1n) is 10.4. The van der Waals surface area contributed by atoms with Gasteiger partial charge < -0.3 is 11.1 Å². The van der Waals surface area contributed by atoms with Gasteiger partial charge in [-0.2, -0.15) is 0 Å². The van der Waals surface area contributed by atoms with Gasteiger partial charge in [-0.1, -0.05) is 54.6 Å². The van der Waals surface area contributed by atoms with E-state index in [4.69, 9.17) is 10.7 Å². The molecule has 4 rings (SSSR count). The minimum atomic E-state index is -0.110. The molecule has 0 atom stereocenters. The van der Waals surface area contributed by atoms with E-state index in [-0.39, 0.29) is 12.3 Å². The Hall–Kier alpha value is -3.26. The Labute approximate surface area is 201 Å². The largest absolute Gasteiger partial charge is 0.399 e. The second-order valence-electron chi connectivity index (χ2n) is 7.51. The van der Waals surface area contributed by atoms with Gasteiger partial charge in [0.05, 0.1) is 24.0 Å². The summed E-state index contributed by atoms with van der Waals surface area (Å²) in [5, 5.41) is 2.96. The molecule has 5 nitrogen and oxygen atoms in total. The summed E-state index contributed by atoms with van der Waals surface area (Å²) >= 11 is 2.25. The van der Waals surface area contributed by atoms with Gasteiger partial charge in [-0.05, 0) is 70.8 Å². The summed E-state index contributed by atoms with van der Waals surface area (Å²) in [6.07, 6.45) is 3.45. The molecular weight excluding hydrogens is 511 g/mol.